The molecule has 0 saturated heterocycles. The van der Waals surface area contributed by atoms with Crippen molar-refractivity contribution in [3.8, 4) is 17.2 Å². The van der Waals surface area contributed by atoms with Crippen LogP contribution in [-0.4, -0.2) is 35.7 Å². The van der Waals surface area contributed by atoms with E-state index >= 15 is 0 Å². The number of amides is 1. The minimum Gasteiger partial charge on any atom is -0.449 e. The molecule has 160 valence electrons. The summed E-state index contributed by atoms with van der Waals surface area (Å²) in [7, 11) is 0. The number of hydrogen-bond acceptors (Lipinski definition) is 5. The second-order valence-electron chi connectivity index (χ2n) is 7.65. The molecule has 0 radical (unpaired) electrons. The Bertz CT molecular complexity index is 1120. The molecule has 1 amide bonds. The van der Waals surface area contributed by atoms with E-state index in [4.69, 9.17) is 10.00 Å². The highest BCUT2D eigenvalue weighted by Crippen LogP contribution is 2.44. The summed E-state index contributed by atoms with van der Waals surface area (Å²) in [5.41, 5.74) is 5.18. The fourth-order valence-electron chi connectivity index (χ4n) is 4.11. The molecule has 0 aliphatic heterocycles. The second kappa shape index (κ2) is 9.46. The van der Waals surface area contributed by atoms with Gasteiger partial charge in [-0.3, -0.25) is 4.79 Å². The van der Waals surface area contributed by atoms with Crippen LogP contribution in [0.3, 0.4) is 0 Å². The van der Waals surface area contributed by atoms with E-state index < -0.39 is 24.0 Å². The van der Waals surface area contributed by atoms with Gasteiger partial charge in [0.1, 0.15) is 12.7 Å². The van der Waals surface area contributed by atoms with E-state index in [0.717, 1.165) is 27.8 Å². The largest absolute Gasteiger partial charge is 0.449 e. The van der Waals surface area contributed by atoms with Crippen molar-refractivity contribution in [2.45, 2.75) is 24.5 Å². The fourth-order valence-corrected chi connectivity index (χ4v) is 4.11. The number of Topliss-reactive ketones (excluding diaryl/α,β-unsaturated/α-hetero) is 1. The van der Waals surface area contributed by atoms with Gasteiger partial charge in [-0.05, 0) is 27.8 Å². The molecule has 0 aromatic heterocycles. The lowest BCUT2D eigenvalue weighted by Gasteiger charge is -2.20. The second-order valence-corrected chi connectivity index (χ2v) is 7.65. The Morgan fingerprint density at radius 2 is 1.50 bits per heavy atom. The monoisotopic (exact) mass is 426 g/mol. The summed E-state index contributed by atoms with van der Waals surface area (Å²) >= 11 is 0. The van der Waals surface area contributed by atoms with Crippen LogP contribution in [0, 0.1) is 11.3 Å². The minimum absolute atomic E-state index is 0.104. The smallest absolute Gasteiger partial charge is 0.407 e. The summed E-state index contributed by atoms with van der Waals surface area (Å²) in [6, 6.07) is 25.5. The Labute approximate surface area is 186 Å². The Hall–Kier alpha value is -3.95. The van der Waals surface area contributed by atoms with Gasteiger partial charge in [0.05, 0.1) is 6.04 Å². The summed E-state index contributed by atoms with van der Waals surface area (Å²) in [6.07, 6.45) is -2.45. The first kappa shape index (κ1) is 21.3. The quantitative estimate of drug-likeness (QED) is 0.563. The van der Waals surface area contributed by atoms with Crippen LogP contribution in [0.25, 0.3) is 11.1 Å². The number of rotatable bonds is 7. The van der Waals surface area contributed by atoms with Crippen LogP contribution in [0.2, 0.25) is 0 Å². The number of aliphatic hydroxyl groups is 1. The molecule has 0 saturated carbocycles. The van der Waals surface area contributed by atoms with Gasteiger partial charge in [-0.2, -0.15) is 5.26 Å². The normalized spacial score (nSPS) is 13.9. The van der Waals surface area contributed by atoms with Gasteiger partial charge in [-0.1, -0.05) is 78.9 Å². The van der Waals surface area contributed by atoms with E-state index in [2.05, 4.69) is 5.32 Å². The van der Waals surface area contributed by atoms with Crippen molar-refractivity contribution in [3.05, 3.63) is 95.6 Å². The number of alkyl carbamates (subject to hydrolysis) is 1. The van der Waals surface area contributed by atoms with E-state index in [1.54, 1.807) is 12.1 Å². The number of fused-ring (bicyclic) bond motifs is 3. The maximum Gasteiger partial charge on any atom is 0.407 e. The first-order chi connectivity index (χ1) is 15.6. The lowest BCUT2D eigenvalue weighted by molar-refractivity contribution is -0.126. The number of nitrogens with zero attached hydrogens (tertiary/aromatic N) is 1. The number of ketones is 1. The summed E-state index contributed by atoms with van der Waals surface area (Å²) in [4.78, 5) is 25.0. The minimum atomic E-state index is -1.82. The third-order valence-corrected chi connectivity index (χ3v) is 5.65. The molecule has 0 heterocycles. The summed E-state index contributed by atoms with van der Waals surface area (Å²) in [5.74, 6) is -0.883. The highest BCUT2D eigenvalue weighted by Gasteiger charge is 2.31. The van der Waals surface area contributed by atoms with Crippen molar-refractivity contribution < 1.29 is 19.4 Å². The van der Waals surface area contributed by atoms with Crippen LogP contribution >= 0.6 is 0 Å². The molecular formula is C26H22N2O4. The van der Waals surface area contributed by atoms with Gasteiger partial charge in [0, 0.05) is 12.3 Å². The predicted octanol–water partition coefficient (Wildman–Crippen LogP) is 3.59. The molecule has 6 nitrogen and oxygen atoms in total. The average Bonchev–Trinajstić information content (AvgIpc) is 3.15. The lowest BCUT2D eigenvalue weighted by Crippen LogP contribution is -2.46. The molecule has 3 aromatic rings. The Kier molecular flexibility index (Phi) is 6.29. The molecule has 2 unspecified atom stereocenters. The van der Waals surface area contributed by atoms with E-state index in [9.17, 15) is 14.7 Å². The average molecular weight is 426 g/mol. The molecule has 0 bridgehead atoms. The zero-order valence-electron chi connectivity index (χ0n) is 17.3. The van der Waals surface area contributed by atoms with Gasteiger partial charge in [0.15, 0.2) is 5.78 Å². The third-order valence-electron chi connectivity index (χ3n) is 5.65. The number of hydrogen-bond donors (Lipinski definition) is 2. The van der Waals surface area contributed by atoms with Gasteiger partial charge in [-0.15, -0.1) is 0 Å². The lowest BCUT2D eigenvalue weighted by atomic mass is 9.98. The molecule has 2 N–H and O–H groups in total. The number of benzene rings is 3. The first-order valence-electron chi connectivity index (χ1n) is 10.4. The number of ether oxygens (including phenoxy) is 1. The molecule has 6 heteroatoms. The number of nitrogens with one attached hydrogen (secondary N) is 1. The molecule has 2 atom stereocenters. The molecule has 3 aromatic carbocycles. The molecule has 4 rings (SSSR count). The Morgan fingerprint density at radius 3 is 2.09 bits per heavy atom. The molecular weight excluding hydrogens is 404 g/mol. The van der Waals surface area contributed by atoms with Crippen molar-refractivity contribution in [1.29, 1.82) is 5.26 Å². The van der Waals surface area contributed by atoms with Crippen molar-refractivity contribution in [2.24, 2.45) is 0 Å². The van der Waals surface area contributed by atoms with Gasteiger partial charge < -0.3 is 15.2 Å². The standard InChI is InChI=1S/C26H22N2O4/c27-15-24(29)25(30)23(14-17-8-2-1-3-9-17)28-26(31)32-16-22-20-12-6-4-10-18(20)19-11-5-7-13-21(19)22/h1-13,22-24,29H,14,16H2,(H,28,31). The van der Waals surface area contributed by atoms with Gasteiger partial charge in [-0.25, -0.2) is 4.79 Å². The number of nitriles is 1. The summed E-state index contributed by atoms with van der Waals surface area (Å²) in [6.45, 7) is 0.104. The zero-order valence-corrected chi connectivity index (χ0v) is 17.3. The van der Waals surface area contributed by atoms with Crippen LogP contribution in [0.15, 0.2) is 78.9 Å². The molecule has 32 heavy (non-hydrogen) atoms. The first-order valence-corrected chi connectivity index (χ1v) is 10.4. The van der Waals surface area contributed by atoms with E-state index in [1.807, 2.05) is 66.7 Å². The fraction of sp³-hybridized carbons (Fsp3) is 0.192. The van der Waals surface area contributed by atoms with Gasteiger partial charge >= 0.3 is 6.09 Å². The molecule has 1 aliphatic carbocycles. The van der Waals surface area contributed by atoms with Crippen molar-refractivity contribution in [3.63, 3.8) is 0 Å². The van der Waals surface area contributed by atoms with E-state index in [-0.39, 0.29) is 18.9 Å². The maximum absolute atomic E-state index is 12.6. The van der Waals surface area contributed by atoms with E-state index in [1.165, 1.54) is 6.07 Å². The van der Waals surface area contributed by atoms with Crippen molar-refractivity contribution >= 4 is 11.9 Å². The Morgan fingerprint density at radius 1 is 0.938 bits per heavy atom. The van der Waals surface area contributed by atoms with Crippen LogP contribution in [-0.2, 0) is 16.0 Å². The van der Waals surface area contributed by atoms with Gasteiger partial charge in [0.2, 0.25) is 6.10 Å². The molecule has 1 aliphatic rings. The van der Waals surface area contributed by atoms with Crippen LogP contribution in [0.1, 0.15) is 22.6 Å². The SMILES string of the molecule is N#CC(O)C(=O)C(Cc1ccccc1)NC(=O)OCC1c2ccccc2-c2ccccc21. The van der Waals surface area contributed by atoms with Gasteiger partial charge in [0.25, 0.3) is 0 Å². The third kappa shape index (κ3) is 4.39. The van der Waals surface area contributed by atoms with Crippen LogP contribution < -0.4 is 5.32 Å². The molecule has 0 fully saturated rings. The highest BCUT2D eigenvalue weighted by atomic mass is 16.5. The predicted molar refractivity (Wildman–Crippen MR) is 119 cm³/mol. The topological polar surface area (TPSA) is 99.4 Å². The number of aliphatic hydroxyl groups excluding tert-OH is 1. The van der Waals surface area contributed by atoms with E-state index in [0.29, 0.717) is 0 Å². The highest BCUT2D eigenvalue weighted by molar-refractivity contribution is 5.92. The molecule has 0 spiro atoms. The van der Waals surface area contributed by atoms with Crippen molar-refractivity contribution in [1.82, 2.24) is 5.32 Å². The summed E-state index contributed by atoms with van der Waals surface area (Å²) in [5, 5.41) is 21.2. The van der Waals surface area contributed by atoms with Crippen molar-refractivity contribution in [2.75, 3.05) is 6.61 Å². The Balaban J connectivity index is 1.47. The zero-order chi connectivity index (χ0) is 22.5. The van der Waals surface area contributed by atoms with Crippen LogP contribution in [0.4, 0.5) is 4.79 Å². The maximum atomic E-state index is 12.6. The van der Waals surface area contributed by atoms with Crippen LogP contribution in [0.5, 0.6) is 0 Å². The number of carbonyl (C=O) groups excluding carboxylic acids is 2. The number of carbonyl (C=O) groups is 2. The summed E-state index contributed by atoms with van der Waals surface area (Å²) < 4.78 is 5.50.